The zero-order valence-electron chi connectivity index (χ0n) is 25.9. The van der Waals surface area contributed by atoms with Gasteiger partial charge in [-0.2, -0.15) is 4.98 Å². The molecule has 1 aliphatic carbocycles. The number of carbonyl (C=O) groups excluding carboxylic acids is 1. The van der Waals surface area contributed by atoms with Crippen LogP contribution in [0.25, 0.3) is 0 Å². The summed E-state index contributed by atoms with van der Waals surface area (Å²) in [6.45, 7) is 7.75. The number of aromatic nitrogens is 2. The van der Waals surface area contributed by atoms with E-state index in [1.54, 1.807) is 6.07 Å². The van der Waals surface area contributed by atoms with E-state index in [1.807, 2.05) is 38.1 Å². The lowest BCUT2D eigenvalue weighted by atomic mass is 9.93. The highest BCUT2D eigenvalue weighted by Gasteiger charge is 2.23. The number of aryl methyl sites for hydroxylation is 1. The first-order valence-corrected chi connectivity index (χ1v) is 15.4. The van der Waals surface area contributed by atoms with E-state index in [9.17, 15) is 9.90 Å². The van der Waals surface area contributed by atoms with E-state index in [2.05, 4.69) is 33.2 Å². The van der Waals surface area contributed by atoms with Crippen molar-refractivity contribution in [2.75, 3.05) is 45.7 Å². The van der Waals surface area contributed by atoms with Crippen molar-refractivity contribution in [2.45, 2.75) is 77.7 Å². The van der Waals surface area contributed by atoms with Crippen LogP contribution in [0.5, 0.6) is 11.6 Å². The van der Waals surface area contributed by atoms with Crippen LogP contribution in [0.15, 0.2) is 35.1 Å². The Bertz CT molecular complexity index is 1390. The first-order valence-electron chi connectivity index (χ1n) is 15.4. The van der Waals surface area contributed by atoms with Crippen molar-refractivity contribution in [3.05, 3.63) is 64.4 Å². The molecule has 0 saturated heterocycles. The highest BCUT2D eigenvalue weighted by atomic mass is 16.5. The Morgan fingerprint density at radius 3 is 2.79 bits per heavy atom. The predicted molar refractivity (Wildman–Crippen MR) is 165 cm³/mol. The molecule has 0 bridgehead atoms. The standard InChI is InChI=1S/C33H45N5O5/c1-22-28-12-13-38(18-24(28)8-11-30(22)42-20-31-23(2)34-21-43-31)19-27(39)9-10-29(40)25-16-32(35-26-6-5-7-26)36-33(17-25)41-15-14-37(3)4/h8,11,16-17,21,26-27,39H,5-7,9-10,12-15,18-20H2,1-4H3,(H,35,36)/t27-/m0/s1. The number of aliphatic hydroxyl groups is 1. The van der Waals surface area contributed by atoms with Crippen LogP contribution in [-0.2, 0) is 19.6 Å². The Labute approximate surface area is 254 Å². The van der Waals surface area contributed by atoms with Crippen molar-refractivity contribution in [3.8, 4) is 11.6 Å². The van der Waals surface area contributed by atoms with Crippen molar-refractivity contribution < 1.29 is 23.8 Å². The maximum atomic E-state index is 13.2. The van der Waals surface area contributed by atoms with Crippen molar-refractivity contribution in [1.29, 1.82) is 0 Å². The minimum Gasteiger partial charge on any atom is -0.485 e. The molecule has 0 amide bonds. The van der Waals surface area contributed by atoms with Gasteiger partial charge in [-0.1, -0.05) is 6.07 Å². The van der Waals surface area contributed by atoms with Crippen LogP contribution >= 0.6 is 0 Å². The Morgan fingerprint density at radius 2 is 2.07 bits per heavy atom. The predicted octanol–water partition coefficient (Wildman–Crippen LogP) is 4.55. The molecule has 1 atom stereocenters. The fraction of sp³-hybridized carbons (Fsp3) is 0.545. The minimum atomic E-state index is -0.593. The van der Waals surface area contributed by atoms with E-state index >= 15 is 0 Å². The van der Waals surface area contributed by atoms with Crippen molar-refractivity contribution in [2.24, 2.45) is 0 Å². The number of pyridine rings is 1. The van der Waals surface area contributed by atoms with Gasteiger partial charge in [0.25, 0.3) is 0 Å². The highest BCUT2D eigenvalue weighted by molar-refractivity contribution is 5.97. The van der Waals surface area contributed by atoms with Gasteiger partial charge in [0.2, 0.25) is 5.88 Å². The number of benzene rings is 1. The Hall–Kier alpha value is -3.47. The quantitative estimate of drug-likeness (QED) is 0.244. The number of anilines is 1. The summed E-state index contributed by atoms with van der Waals surface area (Å²) in [5.41, 5.74) is 5.12. The molecule has 10 nitrogen and oxygen atoms in total. The van der Waals surface area contributed by atoms with Gasteiger partial charge in [0.15, 0.2) is 17.9 Å². The van der Waals surface area contributed by atoms with E-state index in [0.29, 0.717) is 49.5 Å². The van der Waals surface area contributed by atoms with Crippen LogP contribution in [-0.4, -0.2) is 83.1 Å². The third kappa shape index (κ3) is 8.34. The van der Waals surface area contributed by atoms with Crippen LogP contribution in [0.2, 0.25) is 0 Å². The molecular weight excluding hydrogens is 546 g/mol. The molecule has 1 aromatic carbocycles. The molecule has 3 heterocycles. The summed E-state index contributed by atoms with van der Waals surface area (Å²) < 4.78 is 17.3. The number of hydrogen-bond acceptors (Lipinski definition) is 10. The molecule has 2 N–H and O–H groups in total. The Morgan fingerprint density at radius 1 is 1.23 bits per heavy atom. The number of β-amino-alcohol motifs (C(OH)–C–C–N with tert-alkyl or cyclic N) is 1. The van der Waals surface area contributed by atoms with Crippen molar-refractivity contribution in [1.82, 2.24) is 19.8 Å². The van der Waals surface area contributed by atoms with Gasteiger partial charge in [0.1, 0.15) is 24.8 Å². The summed E-state index contributed by atoms with van der Waals surface area (Å²) >= 11 is 0. The maximum Gasteiger partial charge on any atom is 0.215 e. The molecule has 2 aromatic heterocycles. The van der Waals surface area contributed by atoms with E-state index in [-0.39, 0.29) is 12.2 Å². The molecule has 0 unspecified atom stereocenters. The lowest BCUT2D eigenvalue weighted by Crippen LogP contribution is -2.37. The monoisotopic (exact) mass is 591 g/mol. The zero-order chi connectivity index (χ0) is 30.3. The number of fused-ring (bicyclic) bond motifs is 1. The molecule has 10 heteroatoms. The number of oxazole rings is 1. The van der Waals surface area contributed by atoms with Crippen LogP contribution in [0.1, 0.15) is 70.6 Å². The lowest BCUT2D eigenvalue weighted by molar-refractivity contribution is 0.0836. The molecule has 1 saturated carbocycles. The van der Waals surface area contributed by atoms with Gasteiger partial charge in [-0.25, -0.2) is 4.98 Å². The first kappa shape index (κ1) is 31.0. The maximum absolute atomic E-state index is 13.2. The van der Waals surface area contributed by atoms with E-state index in [1.165, 1.54) is 23.9 Å². The Balaban J connectivity index is 1.13. The second kappa shape index (κ2) is 14.3. The zero-order valence-corrected chi connectivity index (χ0v) is 25.9. The first-order chi connectivity index (χ1) is 20.7. The molecule has 0 spiro atoms. The smallest absolute Gasteiger partial charge is 0.215 e. The number of aliphatic hydroxyl groups excluding tert-OH is 1. The van der Waals surface area contributed by atoms with Gasteiger partial charge in [0.05, 0.1) is 11.8 Å². The average molecular weight is 592 g/mol. The highest BCUT2D eigenvalue weighted by Crippen LogP contribution is 2.30. The van der Waals surface area contributed by atoms with Gasteiger partial charge in [-0.05, 0) is 88.9 Å². The molecule has 1 aliphatic heterocycles. The topological polar surface area (TPSA) is 113 Å². The van der Waals surface area contributed by atoms with E-state index < -0.39 is 6.10 Å². The Kier molecular flexibility index (Phi) is 10.3. The van der Waals surface area contributed by atoms with E-state index in [4.69, 9.17) is 13.9 Å². The molecule has 43 heavy (non-hydrogen) atoms. The van der Waals surface area contributed by atoms with Crippen LogP contribution < -0.4 is 14.8 Å². The van der Waals surface area contributed by atoms with Gasteiger partial charge in [-0.15, -0.1) is 0 Å². The van der Waals surface area contributed by atoms with Gasteiger partial charge in [0, 0.05) is 50.3 Å². The number of nitrogens with zero attached hydrogens (tertiary/aromatic N) is 4. The summed E-state index contributed by atoms with van der Waals surface area (Å²) in [4.78, 5) is 26.2. The normalized spacial score (nSPS) is 16.0. The summed E-state index contributed by atoms with van der Waals surface area (Å²) in [6, 6.07) is 8.07. The molecule has 1 fully saturated rings. The third-order valence-corrected chi connectivity index (χ3v) is 8.46. The fourth-order valence-corrected chi connectivity index (χ4v) is 5.54. The average Bonchev–Trinajstić information content (AvgIpc) is 3.37. The summed E-state index contributed by atoms with van der Waals surface area (Å²) in [6.07, 6.45) is 5.83. The number of hydrogen-bond donors (Lipinski definition) is 2. The molecule has 0 radical (unpaired) electrons. The molecule has 5 rings (SSSR count). The van der Waals surface area contributed by atoms with Crippen LogP contribution in [0, 0.1) is 13.8 Å². The molecular formula is C33H45N5O5. The number of carbonyl (C=O) groups is 1. The number of rotatable bonds is 15. The van der Waals surface area contributed by atoms with E-state index in [0.717, 1.165) is 61.7 Å². The second-order valence-corrected chi connectivity index (χ2v) is 12.1. The summed E-state index contributed by atoms with van der Waals surface area (Å²) in [5.74, 6) is 2.72. The van der Waals surface area contributed by atoms with Crippen molar-refractivity contribution >= 4 is 11.6 Å². The number of likely N-dealkylation sites (N-methyl/N-ethyl adjacent to an activating group) is 1. The number of ether oxygens (including phenoxy) is 2. The summed E-state index contributed by atoms with van der Waals surface area (Å²) in [5, 5.41) is 14.3. The minimum absolute atomic E-state index is 0.0109. The SMILES string of the molecule is Cc1ncoc1COc1ccc2c(c1C)CCN(C[C@@H](O)CCC(=O)c1cc(NC3CCC3)nc(OCCN(C)C)c1)C2. The van der Waals surface area contributed by atoms with Crippen molar-refractivity contribution in [3.63, 3.8) is 0 Å². The summed E-state index contributed by atoms with van der Waals surface area (Å²) in [7, 11) is 3.98. The van der Waals surface area contributed by atoms with Gasteiger partial charge < -0.3 is 29.2 Å². The molecule has 3 aromatic rings. The lowest BCUT2D eigenvalue weighted by Gasteiger charge is -2.31. The third-order valence-electron chi connectivity index (χ3n) is 8.46. The number of ketones is 1. The van der Waals surface area contributed by atoms with Gasteiger partial charge in [-0.3, -0.25) is 9.69 Å². The molecule has 232 valence electrons. The van der Waals surface area contributed by atoms with Crippen LogP contribution in [0.3, 0.4) is 0 Å². The van der Waals surface area contributed by atoms with Crippen LogP contribution in [0.4, 0.5) is 5.82 Å². The largest absolute Gasteiger partial charge is 0.485 e. The van der Waals surface area contributed by atoms with Gasteiger partial charge >= 0.3 is 0 Å². The fourth-order valence-electron chi connectivity index (χ4n) is 5.54. The molecule has 2 aliphatic rings. The number of nitrogens with one attached hydrogen (secondary N) is 1. The number of Topliss-reactive ketones (excluding diaryl/α,β-unsaturated/α-hetero) is 1. The second-order valence-electron chi connectivity index (χ2n) is 12.1.